The van der Waals surface area contributed by atoms with Crippen LogP contribution in [0.4, 0.5) is 10.8 Å². The van der Waals surface area contributed by atoms with Crippen molar-refractivity contribution in [1.82, 2.24) is 9.97 Å². The fourth-order valence-corrected chi connectivity index (χ4v) is 4.52. The van der Waals surface area contributed by atoms with Crippen molar-refractivity contribution in [3.05, 3.63) is 101 Å². The Balaban J connectivity index is 1.52. The predicted molar refractivity (Wildman–Crippen MR) is 124 cm³/mol. The Labute approximate surface area is 188 Å². The number of thiazole rings is 1. The molecule has 0 fully saturated rings. The average molecular weight is 448 g/mol. The van der Waals surface area contributed by atoms with E-state index in [2.05, 4.69) is 16.5 Å². The molecule has 0 spiro atoms. The Kier molecular flexibility index (Phi) is 5.19. The van der Waals surface area contributed by atoms with Crippen LogP contribution in [0.2, 0.25) is 5.02 Å². The summed E-state index contributed by atoms with van der Waals surface area (Å²) in [5.41, 5.74) is 3.81. The van der Waals surface area contributed by atoms with E-state index in [9.17, 15) is 5.11 Å². The first-order valence-corrected chi connectivity index (χ1v) is 10.9. The number of benzene rings is 2. The molecule has 3 heterocycles. The zero-order valence-corrected chi connectivity index (χ0v) is 18.0. The predicted octanol–water partition coefficient (Wildman–Crippen LogP) is 6.38. The van der Waals surface area contributed by atoms with Gasteiger partial charge >= 0.3 is 0 Å². The summed E-state index contributed by atoms with van der Waals surface area (Å²) in [7, 11) is 0. The molecule has 154 valence electrons. The van der Waals surface area contributed by atoms with E-state index in [0.717, 1.165) is 27.7 Å². The molecule has 5 nitrogen and oxygen atoms in total. The Morgan fingerprint density at radius 2 is 1.94 bits per heavy atom. The summed E-state index contributed by atoms with van der Waals surface area (Å²) < 4.78 is 6.17. The lowest BCUT2D eigenvalue weighted by Crippen LogP contribution is -2.15. The number of nitrogens with zero attached hydrogens (tertiary/aromatic N) is 3. The van der Waals surface area contributed by atoms with Gasteiger partial charge in [0.05, 0.1) is 17.9 Å². The number of aromatic nitrogens is 2. The Morgan fingerprint density at radius 1 is 1.13 bits per heavy atom. The van der Waals surface area contributed by atoms with Crippen molar-refractivity contribution in [2.24, 2.45) is 0 Å². The van der Waals surface area contributed by atoms with Gasteiger partial charge < -0.3 is 14.7 Å². The van der Waals surface area contributed by atoms with Crippen LogP contribution in [0.3, 0.4) is 0 Å². The zero-order chi connectivity index (χ0) is 21.4. The van der Waals surface area contributed by atoms with Crippen molar-refractivity contribution in [2.45, 2.75) is 12.6 Å². The van der Waals surface area contributed by atoms with Gasteiger partial charge in [0, 0.05) is 28.4 Å². The summed E-state index contributed by atoms with van der Waals surface area (Å²) in [6.45, 7) is 4.62. The van der Waals surface area contributed by atoms with Crippen molar-refractivity contribution >= 4 is 39.3 Å². The number of halogens is 1. The fraction of sp³-hybridized carbons (Fsp3) is 0.0833. The summed E-state index contributed by atoms with van der Waals surface area (Å²) in [5, 5.41) is 14.1. The maximum atomic E-state index is 10.9. The number of para-hydroxylation sites is 1. The minimum atomic E-state index is -0.915. The second-order valence-corrected chi connectivity index (χ2v) is 8.40. The summed E-state index contributed by atoms with van der Waals surface area (Å²) in [6.07, 6.45) is 2.44. The second-order valence-electron chi connectivity index (χ2n) is 7.13. The van der Waals surface area contributed by atoms with E-state index < -0.39 is 6.10 Å². The SMILES string of the molecule is C=C(c1ccncc1)C(O)c1csc(N2Cc3ccccc3Oc3ccc(Cl)cc32)n1. The van der Waals surface area contributed by atoms with Gasteiger partial charge in [-0.25, -0.2) is 4.98 Å². The second kappa shape index (κ2) is 8.15. The summed E-state index contributed by atoms with van der Waals surface area (Å²) in [5.74, 6) is 1.50. The van der Waals surface area contributed by atoms with Gasteiger partial charge in [-0.1, -0.05) is 36.4 Å². The van der Waals surface area contributed by atoms with E-state index >= 15 is 0 Å². The molecule has 0 saturated carbocycles. The third kappa shape index (κ3) is 3.81. The highest BCUT2D eigenvalue weighted by atomic mass is 35.5. The van der Waals surface area contributed by atoms with Crippen LogP contribution in [-0.4, -0.2) is 15.1 Å². The maximum absolute atomic E-state index is 10.9. The number of anilines is 2. The van der Waals surface area contributed by atoms with Crippen LogP contribution in [-0.2, 0) is 6.54 Å². The van der Waals surface area contributed by atoms with Gasteiger partial charge in [-0.05, 0) is 47.5 Å². The third-order valence-electron chi connectivity index (χ3n) is 5.13. The molecule has 4 aromatic rings. The van der Waals surface area contributed by atoms with Gasteiger partial charge in [0.15, 0.2) is 10.9 Å². The van der Waals surface area contributed by atoms with Crippen LogP contribution in [0.1, 0.15) is 22.9 Å². The number of aliphatic hydroxyl groups is 1. The standard InChI is InChI=1S/C24H18ClN3O2S/c1-15(16-8-10-26-11-9-16)23(29)19-14-31-24(27-19)28-13-17-4-2-3-5-21(17)30-22-7-6-18(25)12-20(22)28/h2-12,14,23,29H,1,13H2. The lowest BCUT2D eigenvalue weighted by Gasteiger charge is -2.21. The molecule has 7 heteroatoms. The van der Waals surface area contributed by atoms with Gasteiger partial charge in [0.2, 0.25) is 0 Å². The fourth-order valence-electron chi connectivity index (χ4n) is 3.49. The minimum absolute atomic E-state index is 0.545. The zero-order valence-electron chi connectivity index (χ0n) is 16.4. The van der Waals surface area contributed by atoms with E-state index in [1.165, 1.54) is 11.3 Å². The molecule has 0 radical (unpaired) electrons. The molecular weight excluding hydrogens is 430 g/mol. The number of fused-ring (bicyclic) bond motifs is 2. The first-order valence-electron chi connectivity index (χ1n) is 9.65. The Hall–Kier alpha value is -3.19. The number of rotatable bonds is 4. The summed E-state index contributed by atoms with van der Waals surface area (Å²) >= 11 is 7.76. The smallest absolute Gasteiger partial charge is 0.190 e. The molecule has 1 atom stereocenters. The molecular formula is C24H18ClN3O2S. The van der Waals surface area contributed by atoms with Crippen LogP contribution >= 0.6 is 22.9 Å². The molecule has 1 aliphatic rings. The highest BCUT2D eigenvalue weighted by Gasteiger charge is 2.25. The third-order valence-corrected chi connectivity index (χ3v) is 6.25. The molecule has 0 amide bonds. The largest absolute Gasteiger partial charge is 0.455 e. The van der Waals surface area contributed by atoms with Crippen molar-refractivity contribution in [2.75, 3.05) is 4.90 Å². The van der Waals surface area contributed by atoms with Gasteiger partial charge in [-0.15, -0.1) is 11.3 Å². The Bertz CT molecular complexity index is 1260. The number of pyridine rings is 1. The first-order chi connectivity index (χ1) is 15.1. The van der Waals surface area contributed by atoms with Gasteiger partial charge in [-0.2, -0.15) is 0 Å². The molecule has 2 aromatic heterocycles. The van der Waals surface area contributed by atoms with Crippen LogP contribution in [0.5, 0.6) is 11.5 Å². The lowest BCUT2D eigenvalue weighted by molar-refractivity contribution is 0.234. The highest BCUT2D eigenvalue weighted by Crippen LogP contribution is 2.44. The van der Waals surface area contributed by atoms with Crippen molar-refractivity contribution in [3.8, 4) is 11.5 Å². The number of hydrogen-bond acceptors (Lipinski definition) is 6. The van der Waals surface area contributed by atoms with Crippen molar-refractivity contribution < 1.29 is 9.84 Å². The van der Waals surface area contributed by atoms with E-state index in [4.69, 9.17) is 21.3 Å². The Morgan fingerprint density at radius 3 is 2.77 bits per heavy atom. The lowest BCUT2D eigenvalue weighted by atomic mass is 10.0. The minimum Gasteiger partial charge on any atom is -0.455 e. The van der Waals surface area contributed by atoms with Crippen molar-refractivity contribution in [3.63, 3.8) is 0 Å². The maximum Gasteiger partial charge on any atom is 0.190 e. The topological polar surface area (TPSA) is 58.5 Å². The van der Waals surface area contributed by atoms with Crippen LogP contribution in [0.15, 0.2) is 78.9 Å². The number of ether oxygens (including phenoxy) is 1. The normalized spacial score (nSPS) is 13.5. The molecule has 1 unspecified atom stereocenters. The number of hydrogen-bond donors (Lipinski definition) is 1. The van der Waals surface area contributed by atoms with E-state index in [0.29, 0.717) is 28.6 Å². The quantitative estimate of drug-likeness (QED) is 0.393. The van der Waals surface area contributed by atoms with Gasteiger partial charge in [0.25, 0.3) is 0 Å². The average Bonchev–Trinajstić information content (AvgIpc) is 3.23. The monoisotopic (exact) mass is 447 g/mol. The van der Waals surface area contributed by atoms with Crippen LogP contribution in [0, 0.1) is 0 Å². The molecule has 0 saturated heterocycles. The summed E-state index contributed by atoms with van der Waals surface area (Å²) in [6, 6.07) is 17.1. The molecule has 5 rings (SSSR count). The first kappa shape index (κ1) is 19.8. The molecule has 1 N–H and O–H groups in total. The van der Waals surface area contributed by atoms with Crippen LogP contribution < -0.4 is 9.64 Å². The van der Waals surface area contributed by atoms with E-state index in [1.54, 1.807) is 12.4 Å². The highest BCUT2D eigenvalue weighted by molar-refractivity contribution is 7.13. The number of aliphatic hydroxyl groups excluding tert-OH is 1. The molecule has 0 aliphatic carbocycles. The summed E-state index contributed by atoms with van der Waals surface area (Å²) in [4.78, 5) is 10.8. The van der Waals surface area contributed by atoms with Gasteiger partial charge in [-0.3, -0.25) is 4.98 Å². The van der Waals surface area contributed by atoms with E-state index in [1.807, 2.05) is 60.0 Å². The van der Waals surface area contributed by atoms with Crippen molar-refractivity contribution in [1.29, 1.82) is 0 Å². The molecule has 31 heavy (non-hydrogen) atoms. The van der Waals surface area contributed by atoms with Crippen LogP contribution in [0.25, 0.3) is 5.57 Å². The molecule has 1 aliphatic heterocycles. The molecule has 2 aromatic carbocycles. The molecule has 0 bridgehead atoms. The van der Waals surface area contributed by atoms with E-state index in [-0.39, 0.29) is 0 Å². The van der Waals surface area contributed by atoms with Gasteiger partial charge in [0.1, 0.15) is 11.9 Å².